The lowest BCUT2D eigenvalue weighted by Gasteiger charge is -2.05. The summed E-state index contributed by atoms with van der Waals surface area (Å²) in [6.45, 7) is 0. The Hall–Kier alpha value is -1.46. The molecule has 0 saturated carbocycles. The average Bonchev–Trinajstić information content (AvgIpc) is 2.35. The molecule has 0 bridgehead atoms. The fraction of sp³-hybridized carbons (Fsp3) is 0. The van der Waals surface area contributed by atoms with E-state index in [9.17, 15) is 9.18 Å². The van der Waals surface area contributed by atoms with Crippen molar-refractivity contribution in [3.8, 4) is 0 Å². The SMILES string of the molecule is O=C(Nc1ccc(Cl)nc1)c1ccc(Br)c(F)c1. The van der Waals surface area contributed by atoms with Crippen LogP contribution in [-0.2, 0) is 0 Å². The first-order valence-corrected chi connectivity index (χ1v) is 6.11. The van der Waals surface area contributed by atoms with Gasteiger partial charge in [0.15, 0.2) is 0 Å². The summed E-state index contributed by atoms with van der Waals surface area (Å²) in [7, 11) is 0. The van der Waals surface area contributed by atoms with Crippen LogP contribution in [0.15, 0.2) is 41.0 Å². The average molecular weight is 330 g/mol. The Morgan fingerprint density at radius 1 is 1.33 bits per heavy atom. The number of nitrogens with one attached hydrogen (secondary N) is 1. The molecule has 6 heteroatoms. The number of hydrogen-bond acceptors (Lipinski definition) is 2. The third-order valence-corrected chi connectivity index (χ3v) is 3.03. The van der Waals surface area contributed by atoms with Crippen LogP contribution < -0.4 is 5.32 Å². The molecule has 0 radical (unpaired) electrons. The Morgan fingerprint density at radius 3 is 2.72 bits per heavy atom. The molecule has 0 unspecified atom stereocenters. The van der Waals surface area contributed by atoms with Crippen LogP contribution in [-0.4, -0.2) is 10.9 Å². The third-order valence-electron chi connectivity index (χ3n) is 2.17. The first-order valence-electron chi connectivity index (χ1n) is 4.94. The van der Waals surface area contributed by atoms with Crippen LogP contribution in [0.3, 0.4) is 0 Å². The number of nitrogens with zero attached hydrogens (tertiary/aromatic N) is 1. The monoisotopic (exact) mass is 328 g/mol. The number of rotatable bonds is 2. The molecule has 1 N–H and O–H groups in total. The molecule has 0 fully saturated rings. The van der Waals surface area contributed by atoms with Crippen molar-refractivity contribution < 1.29 is 9.18 Å². The topological polar surface area (TPSA) is 42.0 Å². The van der Waals surface area contributed by atoms with Crippen molar-refractivity contribution in [1.82, 2.24) is 4.98 Å². The zero-order chi connectivity index (χ0) is 13.1. The van der Waals surface area contributed by atoms with Gasteiger partial charge in [-0.15, -0.1) is 0 Å². The minimum absolute atomic E-state index is 0.227. The number of carbonyl (C=O) groups is 1. The number of aromatic nitrogens is 1. The summed E-state index contributed by atoms with van der Waals surface area (Å²) in [6.07, 6.45) is 1.43. The van der Waals surface area contributed by atoms with E-state index >= 15 is 0 Å². The molecule has 2 aromatic rings. The van der Waals surface area contributed by atoms with E-state index in [4.69, 9.17) is 11.6 Å². The first-order chi connectivity index (χ1) is 8.56. The number of hydrogen-bond donors (Lipinski definition) is 1. The van der Waals surface area contributed by atoms with E-state index in [1.165, 1.54) is 18.3 Å². The smallest absolute Gasteiger partial charge is 0.255 e. The Morgan fingerprint density at radius 2 is 2.11 bits per heavy atom. The van der Waals surface area contributed by atoms with Crippen LogP contribution in [0.4, 0.5) is 10.1 Å². The van der Waals surface area contributed by atoms with Gasteiger partial charge in [0.05, 0.1) is 16.4 Å². The largest absolute Gasteiger partial charge is 0.321 e. The molecule has 0 aliphatic carbocycles. The van der Waals surface area contributed by atoms with E-state index in [0.29, 0.717) is 15.3 Å². The van der Waals surface area contributed by atoms with Crippen molar-refractivity contribution in [2.24, 2.45) is 0 Å². The zero-order valence-corrected chi connectivity index (χ0v) is 11.3. The second kappa shape index (κ2) is 5.46. The lowest BCUT2D eigenvalue weighted by molar-refractivity contribution is 0.102. The standard InChI is InChI=1S/C12H7BrClFN2O/c13-9-3-1-7(5-10(9)15)12(18)17-8-2-4-11(14)16-6-8/h1-6H,(H,17,18). The number of halogens is 3. The molecule has 1 aromatic heterocycles. The molecule has 0 aliphatic rings. The molecule has 0 spiro atoms. The molecule has 2 rings (SSSR count). The van der Waals surface area contributed by atoms with Gasteiger partial charge in [0.25, 0.3) is 5.91 Å². The molecule has 1 aromatic carbocycles. The van der Waals surface area contributed by atoms with Gasteiger partial charge < -0.3 is 5.32 Å². The van der Waals surface area contributed by atoms with Crippen LogP contribution in [0.25, 0.3) is 0 Å². The van der Waals surface area contributed by atoms with Gasteiger partial charge in [-0.05, 0) is 46.3 Å². The minimum Gasteiger partial charge on any atom is -0.321 e. The maximum Gasteiger partial charge on any atom is 0.255 e. The van der Waals surface area contributed by atoms with E-state index in [-0.39, 0.29) is 5.56 Å². The van der Waals surface area contributed by atoms with Gasteiger partial charge in [0.1, 0.15) is 11.0 Å². The molecular weight excluding hydrogens is 322 g/mol. The Bertz CT molecular complexity index is 589. The van der Waals surface area contributed by atoms with Gasteiger partial charge in [-0.3, -0.25) is 4.79 Å². The van der Waals surface area contributed by atoms with E-state index < -0.39 is 11.7 Å². The zero-order valence-electron chi connectivity index (χ0n) is 8.95. The normalized spacial score (nSPS) is 10.2. The first kappa shape index (κ1) is 13.0. The van der Waals surface area contributed by atoms with Crippen molar-refractivity contribution in [2.45, 2.75) is 0 Å². The lowest BCUT2D eigenvalue weighted by Crippen LogP contribution is -2.12. The van der Waals surface area contributed by atoms with Crippen LogP contribution in [0, 0.1) is 5.82 Å². The minimum atomic E-state index is -0.489. The predicted molar refractivity (Wildman–Crippen MR) is 71.3 cm³/mol. The van der Waals surface area contributed by atoms with E-state index in [0.717, 1.165) is 6.07 Å². The van der Waals surface area contributed by atoms with Gasteiger partial charge in [0, 0.05) is 5.56 Å². The maximum absolute atomic E-state index is 13.3. The van der Waals surface area contributed by atoms with Gasteiger partial charge in [-0.2, -0.15) is 0 Å². The summed E-state index contributed by atoms with van der Waals surface area (Å²) < 4.78 is 13.6. The fourth-order valence-corrected chi connectivity index (χ4v) is 1.65. The Kier molecular flexibility index (Phi) is 3.93. The molecule has 1 amide bonds. The highest BCUT2D eigenvalue weighted by Gasteiger charge is 2.09. The Balaban J connectivity index is 2.16. The van der Waals surface area contributed by atoms with Gasteiger partial charge >= 0.3 is 0 Å². The van der Waals surface area contributed by atoms with Crippen molar-refractivity contribution in [2.75, 3.05) is 5.32 Å². The Labute approximate surface area is 116 Å². The van der Waals surface area contributed by atoms with Crippen LogP contribution in [0.2, 0.25) is 5.15 Å². The third kappa shape index (κ3) is 3.05. The second-order valence-electron chi connectivity index (χ2n) is 3.45. The summed E-state index contributed by atoms with van der Waals surface area (Å²) in [5.74, 6) is -0.901. The van der Waals surface area contributed by atoms with Crippen LogP contribution in [0.5, 0.6) is 0 Å². The van der Waals surface area contributed by atoms with Gasteiger partial charge in [-0.1, -0.05) is 11.6 Å². The molecule has 92 valence electrons. The lowest BCUT2D eigenvalue weighted by atomic mass is 10.2. The highest BCUT2D eigenvalue weighted by atomic mass is 79.9. The quantitative estimate of drug-likeness (QED) is 0.849. The number of amides is 1. The fourth-order valence-electron chi connectivity index (χ4n) is 1.29. The molecule has 0 atom stereocenters. The van der Waals surface area contributed by atoms with Crippen LogP contribution in [0.1, 0.15) is 10.4 Å². The van der Waals surface area contributed by atoms with Crippen molar-refractivity contribution in [3.63, 3.8) is 0 Å². The number of anilines is 1. The summed E-state index contributed by atoms with van der Waals surface area (Å²) in [6, 6.07) is 7.32. The number of pyridine rings is 1. The van der Waals surface area contributed by atoms with Crippen molar-refractivity contribution >= 4 is 39.1 Å². The maximum atomic E-state index is 13.3. The molecule has 0 aliphatic heterocycles. The molecule has 3 nitrogen and oxygen atoms in total. The molecule has 1 heterocycles. The summed E-state index contributed by atoms with van der Waals surface area (Å²) in [4.78, 5) is 15.6. The summed E-state index contributed by atoms with van der Waals surface area (Å²) in [5.41, 5.74) is 0.721. The highest BCUT2D eigenvalue weighted by Crippen LogP contribution is 2.17. The molecule has 0 saturated heterocycles. The van der Waals surface area contributed by atoms with E-state index in [1.807, 2.05) is 0 Å². The predicted octanol–water partition coefficient (Wildman–Crippen LogP) is 3.89. The summed E-state index contributed by atoms with van der Waals surface area (Å²) in [5, 5.41) is 2.93. The number of carbonyl (C=O) groups excluding carboxylic acids is 1. The van der Waals surface area contributed by atoms with E-state index in [2.05, 4.69) is 26.2 Å². The molecule has 18 heavy (non-hydrogen) atoms. The summed E-state index contributed by atoms with van der Waals surface area (Å²) >= 11 is 8.65. The van der Waals surface area contributed by atoms with Crippen molar-refractivity contribution in [1.29, 1.82) is 0 Å². The van der Waals surface area contributed by atoms with Gasteiger partial charge in [-0.25, -0.2) is 9.37 Å². The highest BCUT2D eigenvalue weighted by molar-refractivity contribution is 9.10. The number of benzene rings is 1. The van der Waals surface area contributed by atoms with Gasteiger partial charge in [0.2, 0.25) is 0 Å². The second-order valence-corrected chi connectivity index (χ2v) is 4.69. The van der Waals surface area contributed by atoms with E-state index in [1.54, 1.807) is 12.1 Å². The van der Waals surface area contributed by atoms with Crippen LogP contribution >= 0.6 is 27.5 Å². The van der Waals surface area contributed by atoms with Crippen molar-refractivity contribution in [3.05, 3.63) is 57.5 Å². The molecular formula is C12H7BrClFN2O.